The van der Waals surface area contributed by atoms with Crippen LogP contribution in [0, 0.1) is 13.8 Å². The molecule has 2 rings (SSSR count). The Labute approximate surface area is 101 Å². The van der Waals surface area contributed by atoms with E-state index in [1.54, 1.807) is 6.20 Å². The molecule has 2 aromatic rings. The van der Waals surface area contributed by atoms with Gasteiger partial charge in [-0.25, -0.2) is 0 Å². The van der Waals surface area contributed by atoms with Crippen LogP contribution in [0.4, 0.5) is 0 Å². The van der Waals surface area contributed by atoms with E-state index < -0.39 is 0 Å². The van der Waals surface area contributed by atoms with Gasteiger partial charge in [0.2, 0.25) is 0 Å². The van der Waals surface area contributed by atoms with Gasteiger partial charge in [0.1, 0.15) is 0 Å². The number of hydrogen-bond acceptors (Lipinski definition) is 2. The average molecular weight is 225 g/mol. The van der Waals surface area contributed by atoms with Gasteiger partial charge in [-0.3, -0.25) is 9.78 Å². The summed E-state index contributed by atoms with van der Waals surface area (Å²) in [6.45, 7) is 3.94. The van der Waals surface area contributed by atoms with Gasteiger partial charge < -0.3 is 0 Å². The zero-order chi connectivity index (χ0) is 12.3. The Hall–Kier alpha value is -1.96. The van der Waals surface area contributed by atoms with Crippen LogP contribution in [0.15, 0.2) is 42.6 Å². The fourth-order valence-corrected chi connectivity index (χ4v) is 1.74. The summed E-state index contributed by atoms with van der Waals surface area (Å²) < 4.78 is 0. The van der Waals surface area contributed by atoms with E-state index in [0.29, 0.717) is 12.0 Å². The van der Waals surface area contributed by atoms with Gasteiger partial charge in [-0.1, -0.05) is 29.8 Å². The number of Topliss-reactive ketones (excluding diaryl/α,β-unsaturated/α-hetero) is 1. The lowest BCUT2D eigenvalue weighted by Gasteiger charge is -2.02. The minimum atomic E-state index is 0.114. The number of carbonyl (C=O) groups excluding carboxylic acids is 1. The van der Waals surface area contributed by atoms with E-state index in [1.165, 1.54) is 5.56 Å². The topological polar surface area (TPSA) is 30.0 Å². The Bertz CT molecular complexity index is 529. The molecule has 0 saturated carbocycles. The largest absolute Gasteiger partial charge is 0.294 e. The average Bonchev–Trinajstić information content (AvgIpc) is 2.29. The van der Waals surface area contributed by atoms with Gasteiger partial charge in [-0.15, -0.1) is 0 Å². The number of hydrogen-bond donors (Lipinski definition) is 0. The van der Waals surface area contributed by atoms with E-state index in [1.807, 2.05) is 50.2 Å². The summed E-state index contributed by atoms with van der Waals surface area (Å²) in [5.41, 5.74) is 3.84. The number of rotatable bonds is 3. The number of pyridine rings is 1. The Morgan fingerprint density at radius 3 is 2.65 bits per heavy atom. The van der Waals surface area contributed by atoms with Gasteiger partial charge in [0.05, 0.1) is 0 Å². The quantitative estimate of drug-likeness (QED) is 0.751. The van der Waals surface area contributed by atoms with Crippen molar-refractivity contribution >= 4 is 5.78 Å². The van der Waals surface area contributed by atoms with Crippen LogP contribution in [0.5, 0.6) is 0 Å². The van der Waals surface area contributed by atoms with E-state index in [4.69, 9.17) is 0 Å². The van der Waals surface area contributed by atoms with E-state index in [9.17, 15) is 4.79 Å². The number of aryl methyl sites for hydroxylation is 2. The lowest BCUT2D eigenvalue weighted by Crippen LogP contribution is -2.04. The van der Waals surface area contributed by atoms with E-state index >= 15 is 0 Å². The van der Waals surface area contributed by atoms with Crippen molar-refractivity contribution in [2.24, 2.45) is 0 Å². The number of carbonyl (C=O) groups is 1. The maximum Gasteiger partial charge on any atom is 0.168 e. The predicted molar refractivity (Wildman–Crippen MR) is 68.2 cm³/mol. The fraction of sp³-hybridized carbons (Fsp3) is 0.200. The van der Waals surface area contributed by atoms with Gasteiger partial charge >= 0.3 is 0 Å². The molecule has 2 heteroatoms. The minimum absolute atomic E-state index is 0.114. The molecule has 1 heterocycles. The standard InChI is InChI=1S/C15H15NO/c1-11-4-3-5-13(8-11)9-15(17)14-7-6-12(2)16-10-14/h3-8,10H,9H2,1-2H3. The lowest BCUT2D eigenvalue weighted by molar-refractivity contribution is 0.0992. The Kier molecular flexibility index (Phi) is 3.33. The van der Waals surface area contributed by atoms with Crippen molar-refractivity contribution in [3.05, 3.63) is 65.0 Å². The van der Waals surface area contributed by atoms with Gasteiger partial charge in [0.25, 0.3) is 0 Å². The molecule has 1 aromatic heterocycles. The number of nitrogens with zero attached hydrogens (tertiary/aromatic N) is 1. The molecule has 86 valence electrons. The summed E-state index contributed by atoms with van der Waals surface area (Å²) in [5, 5.41) is 0. The van der Waals surface area contributed by atoms with Crippen LogP contribution < -0.4 is 0 Å². The van der Waals surface area contributed by atoms with E-state index in [-0.39, 0.29) is 5.78 Å². The van der Waals surface area contributed by atoms with Crippen LogP contribution in [0.25, 0.3) is 0 Å². The third-order valence-corrected chi connectivity index (χ3v) is 2.68. The normalized spacial score (nSPS) is 10.2. The molecule has 0 amide bonds. The summed E-state index contributed by atoms with van der Waals surface area (Å²) in [6, 6.07) is 11.7. The highest BCUT2D eigenvalue weighted by Crippen LogP contribution is 2.09. The van der Waals surface area contributed by atoms with Crippen molar-refractivity contribution in [1.29, 1.82) is 0 Å². The summed E-state index contributed by atoms with van der Waals surface area (Å²) in [6.07, 6.45) is 2.08. The summed E-state index contributed by atoms with van der Waals surface area (Å²) in [7, 11) is 0. The Morgan fingerprint density at radius 2 is 2.00 bits per heavy atom. The Morgan fingerprint density at radius 1 is 1.18 bits per heavy atom. The molecule has 1 aromatic carbocycles. The first-order chi connectivity index (χ1) is 8.15. The molecular weight excluding hydrogens is 210 g/mol. The molecule has 0 saturated heterocycles. The molecule has 0 aliphatic heterocycles. The first-order valence-electron chi connectivity index (χ1n) is 5.66. The third kappa shape index (κ3) is 3.00. The summed E-state index contributed by atoms with van der Waals surface area (Å²) in [4.78, 5) is 16.1. The molecular formula is C15H15NO. The maximum atomic E-state index is 12.0. The molecule has 17 heavy (non-hydrogen) atoms. The number of aromatic nitrogens is 1. The highest BCUT2D eigenvalue weighted by molar-refractivity contribution is 5.97. The van der Waals surface area contributed by atoms with Crippen LogP contribution in [-0.2, 0) is 6.42 Å². The van der Waals surface area contributed by atoms with Crippen LogP contribution >= 0.6 is 0 Å². The lowest BCUT2D eigenvalue weighted by atomic mass is 10.0. The second-order valence-corrected chi connectivity index (χ2v) is 4.28. The molecule has 0 aliphatic rings. The van der Waals surface area contributed by atoms with Crippen molar-refractivity contribution in [3.8, 4) is 0 Å². The molecule has 0 radical (unpaired) electrons. The van der Waals surface area contributed by atoms with Crippen LogP contribution in [0.2, 0.25) is 0 Å². The first-order valence-corrected chi connectivity index (χ1v) is 5.66. The first kappa shape index (κ1) is 11.5. The Balaban J connectivity index is 2.14. The monoisotopic (exact) mass is 225 g/mol. The second-order valence-electron chi connectivity index (χ2n) is 4.28. The van der Waals surface area contributed by atoms with Gasteiger partial charge in [-0.05, 0) is 31.5 Å². The molecule has 0 atom stereocenters. The molecule has 0 fully saturated rings. The van der Waals surface area contributed by atoms with Crippen molar-refractivity contribution in [3.63, 3.8) is 0 Å². The summed E-state index contributed by atoms with van der Waals surface area (Å²) >= 11 is 0. The van der Waals surface area contributed by atoms with Gasteiger partial charge in [0, 0.05) is 23.9 Å². The van der Waals surface area contributed by atoms with Gasteiger partial charge in [-0.2, -0.15) is 0 Å². The maximum absolute atomic E-state index is 12.0. The molecule has 0 aliphatic carbocycles. The zero-order valence-electron chi connectivity index (χ0n) is 10.1. The SMILES string of the molecule is Cc1cccc(CC(=O)c2ccc(C)nc2)c1. The number of benzene rings is 1. The smallest absolute Gasteiger partial charge is 0.168 e. The van der Waals surface area contributed by atoms with Crippen LogP contribution in [0.1, 0.15) is 27.2 Å². The van der Waals surface area contributed by atoms with E-state index in [2.05, 4.69) is 4.98 Å². The van der Waals surface area contributed by atoms with Crippen LogP contribution in [-0.4, -0.2) is 10.8 Å². The zero-order valence-corrected chi connectivity index (χ0v) is 10.1. The summed E-state index contributed by atoms with van der Waals surface area (Å²) in [5.74, 6) is 0.114. The molecule has 0 unspecified atom stereocenters. The highest BCUT2D eigenvalue weighted by Gasteiger charge is 2.07. The minimum Gasteiger partial charge on any atom is -0.294 e. The molecule has 2 nitrogen and oxygen atoms in total. The fourth-order valence-electron chi connectivity index (χ4n) is 1.74. The molecule has 0 spiro atoms. The van der Waals surface area contributed by atoms with Crippen LogP contribution in [0.3, 0.4) is 0 Å². The van der Waals surface area contributed by atoms with E-state index in [0.717, 1.165) is 11.3 Å². The van der Waals surface area contributed by atoms with Crippen molar-refractivity contribution in [2.45, 2.75) is 20.3 Å². The predicted octanol–water partition coefficient (Wildman–Crippen LogP) is 3.12. The number of ketones is 1. The molecule has 0 bridgehead atoms. The molecule has 0 N–H and O–H groups in total. The van der Waals surface area contributed by atoms with Crippen molar-refractivity contribution < 1.29 is 4.79 Å². The highest BCUT2D eigenvalue weighted by atomic mass is 16.1. The second kappa shape index (κ2) is 4.91. The third-order valence-electron chi connectivity index (χ3n) is 2.68. The van der Waals surface area contributed by atoms with Crippen molar-refractivity contribution in [2.75, 3.05) is 0 Å². The van der Waals surface area contributed by atoms with Crippen molar-refractivity contribution in [1.82, 2.24) is 4.98 Å². The van der Waals surface area contributed by atoms with Gasteiger partial charge in [0.15, 0.2) is 5.78 Å².